The Balaban J connectivity index is 1.94. The summed E-state index contributed by atoms with van der Waals surface area (Å²) in [7, 11) is -4.05. The van der Waals surface area contributed by atoms with E-state index in [4.69, 9.17) is 0 Å². The molecular formula is C22H40O3S. The Labute approximate surface area is 161 Å². The van der Waals surface area contributed by atoms with Gasteiger partial charge in [0.25, 0.3) is 10.1 Å². The van der Waals surface area contributed by atoms with Crippen molar-refractivity contribution < 1.29 is 13.0 Å². The van der Waals surface area contributed by atoms with Crippen LogP contribution in [0.4, 0.5) is 0 Å². The van der Waals surface area contributed by atoms with Crippen molar-refractivity contribution in [3.63, 3.8) is 0 Å². The minimum absolute atomic E-state index is 0.173. The Morgan fingerprint density at radius 3 is 1.65 bits per heavy atom. The van der Waals surface area contributed by atoms with Crippen LogP contribution in [-0.2, 0) is 10.1 Å². The standard InChI is InChI=1S/C22H40O3S/c1-2-18(19-11-5-3-6-12-19)17-22(26(23,24)25,21-15-9-10-16-21)20-13-7-4-8-14-20/h18-21H,2-17H2,1H3,(H,23,24,25). The highest BCUT2D eigenvalue weighted by molar-refractivity contribution is 7.87. The van der Waals surface area contributed by atoms with E-state index in [0.29, 0.717) is 11.8 Å². The van der Waals surface area contributed by atoms with E-state index in [0.717, 1.165) is 64.2 Å². The summed E-state index contributed by atoms with van der Waals surface area (Å²) in [6, 6.07) is 0. The van der Waals surface area contributed by atoms with E-state index in [2.05, 4.69) is 6.92 Å². The van der Waals surface area contributed by atoms with Gasteiger partial charge < -0.3 is 0 Å². The van der Waals surface area contributed by atoms with E-state index in [-0.39, 0.29) is 11.8 Å². The molecule has 152 valence electrons. The predicted molar refractivity (Wildman–Crippen MR) is 108 cm³/mol. The Morgan fingerprint density at radius 1 is 0.808 bits per heavy atom. The molecule has 0 aromatic carbocycles. The molecule has 0 bridgehead atoms. The van der Waals surface area contributed by atoms with Gasteiger partial charge in [0, 0.05) is 0 Å². The zero-order valence-electron chi connectivity index (χ0n) is 16.8. The minimum atomic E-state index is -4.05. The zero-order chi connectivity index (χ0) is 18.6. The van der Waals surface area contributed by atoms with Gasteiger partial charge in [0.15, 0.2) is 0 Å². The molecule has 0 heterocycles. The average molecular weight is 385 g/mol. The van der Waals surface area contributed by atoms with Crippen LogP contribution in [0, 0.1) is 23.7 Å². The van der Waals surface area contributed by atoms with Gasteiger partial charge >= 0.3 is 0 Å². The molecule has 3 nitrogen and oxygen atoms in total. The van der Waals surface area contributed by atoms with Crippen molar-refractivity contribution in [2.45, 2.75) is 114 Å². The van der Waals surface area contributed by atoms with Crippen molar-refractivity contribution in [1.29, 1.82) is 0 Å². The summed E-state index contributed by atoms with van der Waals surface area (Å²) < 4.78 is 35.9. The summed E-state index contributed by atoms with van der Waals surface area (Å²) in [5.41, 5.74) is 0. The molecule has 3 rings (SSSR count). The first-order valence-corrected chi connectivity index (χ1v) is 12.9. The lowest BCUT2D eigenvalue weighted by Crippen LogP contribution is -2.53. The fourth-order valence-corrected chi connectivity index (χ4v) is 8.60. The SMILES string of the molecule is CCC(CC(C1CCCCC1)(C1CCCC1)S(=O)(=O)O)C1CCCCC1. The summed E-state index contributed by atoms with van der Waals surface area (Å²) >= 11 is 0. The van der Waals surface area contributed by atoms with Gasteiger partial charge in [-0.2, -0.15) is 8.42 Å². The quantitative estimate of drug-likeness (QED) is 0.518. The van der Waals surface area contributed by atoms with Crippen molar-refractivity contribution in [1.82, 2.24) is 0 Å². The second kappa shape index (κ2) is 8.94. The van der Waals surface area contributed by atoms with Crippen LogP contribution in [0.25, 0.3) is 0 Å². The second-order valence-electron chi connectivity index (χ2n) is 9.52. The van der Waals surface area contributed by atoms with E-state index in [1.165, 1.54) is 38.5 Å². The third-order valence-corrected chi connectivity index (χ3v) is 10.0. The van der Waals surface area contributed by atoms with Crippen LogP contribution in [0.2, 0.25) is 0 Å². The lowest BCUT2D eigenvalue weighted by Gasteiger charge is -2.47. The lowest BCUT2D eigenvalue weighted by atomic mass is 9.65. The van der Waals surface area contributed by atoms with Crippen LogP contribution in [0.5, 0.6) is 0 Å². The van der Waals surface area contributed by atoms with E-state index in [1.807, 2.05) is 0 Å². The molecule has 3 aliphatic rings. The normalized spacial score (nSPS) is 28.1. The van der Waals surface area contributed by atoms with Crippen LogP contribution in [0.3, 0.4) is 0 Å². The van der Waals surface area contributed by atoms with Crippen molar-refractivity contribution in [2.24, 2.45) is 23.7 Å². The first-order valence-electron chi connectivity index (χ1n) is 11.5. The summed E-state index contributed by atoms with van der Waals surface area (Å²) in [6.07, 6.45) is 18.0. The molecule has 0 aromatic heterocycles. The Bertz CT molecular complexity index is 526. The first kappa shape index (κ1) is 20.6. The van der Waals surface area contributed by atoms with Crippen LogP contribution < -0.4 is 0 Å². The van der Waals surface area contributed by atoms with Gasteiger partial charge in [0.2, 0.25) is 0 Å². The smallest absolute Gasteiger partial charge is 0.271 e. The molecule has 3 saturated carbocycles. The van der Waals surface area contributed by atoms with Crippen molar-refractivity contribution in [3.05, 3.63) is 0 Å². The van der Waals surface area contributed by atoms with Crippen LogP contribution >= 0.6 is 0 Å². The molecule has 0 aromatic rings. The van der Waals surface area contributed by atoms with Crippen molar-refractivity contribution in [2.75, 3.05) is 0 Å². The maximum absolute atomic E-state index is 13.0. The fourth-order valence-electron chi connectivity index (χ4n) is 6.86. The highest BCUT2D eigenvalue weighted by Gasteiger charge is 2.56. The van der Waals surface area contributed by atoms with Crippen LogP contribution in [0.15, 0.2) is 0 Å². The van der Waals surface area contributed by atoms with Gasteiger partial charge in [-0.1, -0.05) is 77.6 Å². The number of rotatable bonds is 7. The highest BCUT2D eigenvalue weighted by atomic mass is 32.2. The van der Waals surface area contributed by atoms with Crippen LogP contribution in [-0.4, -0.2) is 17.7 Å². The van der Waals surface area contributed by atoms with Gasteiger partial charge in [-0.05, 0) is 55.8 Å². The van der Waals surface area contributed by atoms with Gasteiger partial charge in [0.05, 0.1) is 0 Å². The summed E-state index contributed by atoms with van der Waals surface area (Å²) in [6.45, 7) is 2.24. The molecule has 3 aliphatic carbocycles. The summed E-state index contributed by atoms with van der Waals surface area (Å²) in [5.74, 6) is 1.48. The number of hydrogen-bond donors (Lipinski definition) is 1. The zero-order valence-corrected chi connectivity index (χ0v) is 17.6. The van der Waals surface area contributed by atoms with Crippen LogP contribution in [0.1, 0.15) is 110 Å². The molecule has 0 aliphatic heterocycles. The van der Waals surface area contributed by atoms with Gasteiger partial charge in [-0.25, -0.2) is 0 Å². The molecule has 0 radical (unpaired) electrons. The van der Waals surface area contributed by atoms with E-state index in [1.54, 1.807) is 0 Å². The van der Waals surface area contributed by atoms with Gasteiger partial charge in [0.1, 0.15) is 4.75 Å². The van der Waals surface area contributed by atoms with Gasteiger partial charge in [-0.3, -0.25) is 4.55 Å². The van der Waals surface area contributed by atoms with E-state index < -0.39 is 14.9 Å². The summed E-state index contributed by atoms with van der Waals surface area (Å²) in [4.78, 5) is 0. The summed E-state index contributed by atoms with van der Waals surface area (Å²) in [5, 5.41) is 0. The largest absolute Gasteiger partial charge is 0.285 e. The number of hydrogen-bond acceptors (Lipinski definition) is 2. The molecule has 0 spiro atoms. The Hall–Kier alpha value is -0.0900. The molecule has 1 N–H and O–H groups in total. The first-order chi connectivity index (χ1) is 12.5. The topological polar surface area (TPSA) is 54.4 Å². The maximum Gasteiger partial charge on any atom is 0.271 e. The predicted octanol–water partition coefficient (Wildman–Crippen LogP) is 6.38. The van der Waals surface area contributed by atoms with Gasteiger partial charge in [-0.15, -0.1) is 0 Å². The molecule has 26 heavy (non-hydrogen) atoms. The molecule has 4 heteroatoms. The average Bonchev–Trinajstić information content (AvgIpc) is 3.18. The molecule has 0 saturated heterocycles. The minimum Gasteiger partial charge on any atom is -0.285 e. The molecule has 0 amide bonds. The third kappa shape index (κ3) is 4.16. The van der Waals surface area contributed by atoms with Crippen molar-refractivity contribution >= 4 is 10.1 Å². The monoisotopic (exact) mass is 384 g/mol. The molecule has 2 unspecified atom stereocenters. The second-order valence-corrected chi connectivity index (χ2v) is 11.2. The van der Waals surface area contributed by atoms with Crippen molar-refractivity contribution in [3.8, 4) is 0 Å². The van der Waals surface area contributed by atoms with E-state index >= 15 is 0 Å². The molecular weight excluding hydrogens is 344 g/mol. The maximum atomic E-state index is 13.0. The molecule has 3 fully saturated rings. The van der Waals surface area contributed by atoms with E-state index in [9.17, 15) is 13.0 Å². The molecule has 2 atom stereocenters. The lowest BCUT2D eigenvalue weighted by molar-refractivity contribution is 0.125. The highest BCUT2D eigenvalue weighted by Crippen LogP contribution is 2.53. The Morgan fingerprint density at radius 2 is 1.23 bits per heavy atom. The Kier molecular flexibility index (Phi) is 7.10. The fraction of sp³-hybridized carbons (Fsp3) is 1.00. The third-order valence-electron chi connectivity index (χ3n) is 8.24.